The van der Waals surface area contributed by atoms with E-state index in [-0.39, 0.29) is 0 Å². The van der Waals surface area contributed by atoms with Gasteiger partial charge in [0.1, 0.15) is 0 Å². The van der Waals surface area contributed by atoms with Crippen LogP contribution in [0.3, 0.4) is 0 Å². The predicted octanol–water partition coefficient (Wildman–Crippen LogP) is 6.02. The van der Waals surface area contributed by atoms with Crippen molar-refractivity contribution in [1.82, 2.24) is 0 Å². The average molecular weight is 306 g/mol. The third-order valence-corrected chi connectivity index (χ3v) is 4.24. The highest BCUT2D eigenvalue weighted by Crippen LogP contribution is 2.27. The van der Waals surface area contributed by atoms with Crippen molar-refractivity contribution in [3.63, 3.8) is 0 Å². The standard InChI is InChI=1S/C17H20ClNS/c1-3-5-17(13-8-10-14(18)11-9-13)19-15-6-4-7-16(12-15)20-2/h4,6-12,17,19H,3,5H2,1-2H3. The SMILES string of the molecule is CCCC(Nc1cccc(SC)c1)c1ccc(Cl)cc1. The molecule has 2 aromatic rings. The van der Waals surface area contributed by atoms with E-state index in [0.29, 0.717) is 6.04 Å². The molecule has 2 rings (SSSR count). The summed E-state index contributed by atoms with van der Waals surface area (Å²) in [5.74, 6) is 0. The first-order valence-electron chi connectivity index (χ1n) is 6.89. The fraction of sp³-hybridized carbons (Fsp3) is 0.294. The van der Waals surface area contributed by atoms with E-state index >= 15 is 0 Å². The maximum atomic E-state index is 5.97. The number of thioether (sulfide) groups is 1. The first-order valence-corrected chi connectivity index (χ1v) is 8.49. The van der Waals surface area contributed by atoms with Crippen molar-refractivity contribution in [2.24, 2.45) is 0 Å². The normalized spacial score (nSPS) is 12.2. The van der Waals surface area contributed by atoms with Crippen molar-refractivity contribution in [3.8, 4) is 0 Å². The molecule has 0 radical (unpaired) electrons. The van der Waals surface area contributed by atoms with Crippen LogP contribution in [0.4, 0.5) is 5.69 Å². The zero-order valence-corrected chi connectivity index (χ0v) is 13.5. The summed E-state index contributed by atoms with van der Waals surface area (Å²) in [6, 6.07) is 17.0. The number of benzene rings is 2. The first kappa shape index (κ1) is 15.3. The van der Waals surface area contributed by atoms with Crippen LogP contribution in [-0.4, -0.2) is 6.26 Å². The topological polar surface area (TPSA) is 12.0 Å². The number of halogens is 1. The van der Waals surface area contributed by atoms with Gasteiger partial charge < -0.3 is 5.32 Å². The second kappa shape index (κ2) is 7.61. The molecule has 0 bridgehead atoms. The van der Waals surface area contributed by atoms with E-state index in [1.54, 1.807) is 11.8 Å². The molecule has 0 aromatic heterocycles. The van der Waals surface area contributed by atoms with Crippen molar-refractivity contribution in [3.05, 3.63) is 59.1 Å². The number of rotatable bonds is 6. The van der Waals surface area contributed by atoms with Crippen molar-refractivity contribution in [1.29, 1.82) is 0 Å². The summed E-state index contributed by atoms with van der Waals surface area (Å²) in [6.45, 7) is 2.21. The van der Waals surface area contributed by atoms with E-state index in [9.17, 15) is 0 Å². The van der Waals surface area contributed by atoms with Crippen LogP contribution in [0.5, 0.6) is 0 Å². The Hall–Kier alpha value is -1.12. The van der Waals surface area contributed by atoms with E-state index in [1.807, 2.05) is 12.1 Å². The summed E-state index contributed by atoms with van der Waals surface area (Å²) in [5, 5.41) is 4.42. The Balaban J connectivity index is 2.18. The molecule has 2 aromatic carbocycles. The highest BCUT2D eigenvalue weighted by molar-refractivity contribution is 7.98. The second-order valence-electron chi connectivity index (χ2n) is 4.77. The van der Waals surface area contributed by atoms with Crippen LogP contribution in [0.25, 0.3) is 0 Å². The van der Waals surface area contributed by atoms with Gasteiger partial charge in [-0.1, -0.05) is 43.1 Å². The van der Waals surface area contributed by atoms with Gasteiger partial charge in [-0.2, -0.15) is 0 Å². The molecule has 0 saturated heterocycles. The molecule has 0 aliphatic heterocycles. The summed E-state index contributed by atoms with van der Waals surface area (Å²) >= 11 is 7.73. The Labute approximate surface area is 130 Å². The molecule has 0 fully saturated rings. The highest BCUT2D eigenvalue weighted by Gasteiger charge is 2.10. The fourth-order valence-corrected chi connectivity index (χ4v) is 2.81. The van der Waals surface area contributed by atoms with E-state index in [0.717, 1.165) is 17.9 Å². The van der Waals surface area contributed by atoms with Crippen LogP contribution in [0, 0.1) is 0 Å². The molecule has 0 saturated carbocycles. The quantitative estimate of drug-likeness (QED) is 0.655. The Morgan fingerprint density at radius 1 is 1.15 bits per heavy atom. The highest BCUT2D eigenvalue weighted by atomic mass is 35.5. The van der Waals surface area contributed by atoms with E-state index in [4.69, 9.17) is 11.6 Å². The summed E-state index contributed by atoms with van der Waals surface area (Å²) in [6.07, 6.45) is 4.34. The number of nitrogens with one attached hydrogen (secondary N) is 1. The lowest BCUT2D eigenvalue weighted by Gasteiger charge is -2.20. The molecule has 1 N–H and O–H groups in total. The minimum absolute atomic E-state index is 0.328. The molecule has 3 heteroatoms. The molecular weight excluding hydrogens is 286 g/mol. The minimum Gasteiger partial charge on any atom is -0.378 e. The van der Waals surface area contributed by atoms with E-state index < -0.39 is 0 Å². The molecule has 0 amide bonds. The molecule has 0 heterocycles. The monoisotopic (exact) mass is 305 g/mol. The van der Waals surface area contributed by atoms with Crippen molar-refractivity contribution < 1.29 is 0 Å². The molecule has 0 aliphatic rings. The Kier molecular flexibility index (Phi) is 5.81. The zero-order valence-electron chi connectivity index (χ0n) is 11.9. The summed E-state index contributed by atoms with van der Waals surface area (Å²) in [5.41, 5.74) is 2.45. The van der Waals surface area contributed by atoms with Crippen molar-refractivity contribution in [2.45, 2.75) is 30.7 Å². The Morgan fingerprint density at radius 3 is 2.55 bits per heavy atom. The summed E-state index contributed by atoms with van der Waals surface area (Å²) in [7, 11) is 0. The third-order valence-electron chi connectivity index (χ3n) is 3.26. The minimum atomic E-state index is 0.328. The van der Waals surface area contributed by atoms with Gasteiger partial charge in [-0.05, 0) is 48.6 Å². The van der Waals surface area contributed by atoms with Gasteiger partial charge in [0.05, 0.1) is 6.04 Å². The lowest BCUT2D eigenvalue weighted by atomic mass is 10.0. The number of hydrogen-bond acceptors (Lipinski definition) is 2. The second-order valence-corrected chi connectivity index (χ2v) is 6.09. The number of anilines is 1. The van der Waals surface area contributed by atoms with Crippen LogP contribution in [0.15, 0.2) is 53.4 Å². The smallest absolute Gasteiger partial charge is 0.0513 e. The van der Waals surface area contributed by atoms with Crippen LogP contribution >= 0.6 is 23.4 Å². The van der Waals surface area contributed by atoms with Gasteiger partial charge in [-0.3, -0.25) is 0 Å². The average Bonchev–Trinajstić information content (AvgIpc) is 2.48. The van der Waals surface area contributed by atoms with E-state index in [2.05, 4.69) is 54.9 Å². The molecule has 0 aliphatic carbocycles. The Bertz CT molecular complexity index is 539. The van der Waals surface area contributed by atoms with Gasteiger partial charge in [0.2, 0.25) is 0 Å². The van der Waals surface area contributed by atoms with Crippen LogP contribution in [0.2, 0.25) is 5.02 Å². The first-order chi connectivity index (χ1) is 9.72. The van der Waals surface area contributed by atoms with Gasteiger partial charge in [0.25, 0.3) is 0 Å². The predicted molar refractivity (Wildman–Crippen MR) is 90.9 cm³/mol. The van der Waals surface area contributed by atoms with Gasteiger partial charge in [-0.15, -0.1) is 11.8 Å². The molecule has 1 atom stereocenters. The fourth-order valence-electron chi connectivity index (χ4n) is 2.22. The van der Waals surface area contributed by atoms with Crippen molar-refractivity contribution >= 4 is 29.1 Å². The van der Waals surface area contributed by atoms with Crippen LogP contribution < -0.4 is 5.32 Å². The molecule has 20 heavy (non-hydrogen) atoms. The third kappa shape index (κ3) is 4.19. The molecular formula is C17H20ClNS. The maximum absolute atomic E-state index is 5.97. The van der Waals surface area contributed by atoms with Gasteiger partial charge in [0.15, 0.2) is 0 Å². The lowest BCUT2D eigenvalue weighted by Crippen LogP contribution is -2.10. The zero-order chi connectivity index (χ0) is 14.4. The molecule has 0 spiro atoms. The van der Waals surface area contributed by atoms with Crippen LogP contribution in [-0.2, 0) is 0 Å². The maximum Gasteiger partial charge on any atom is 0.0513 e. The van der Waals surface area contributed by atoms with Crippen LogP contribution in [0.1, 0.15) is 31.4 Å². The summed E-state index contributed by atoms with van der Waals surface area (Å²) < 4.78 is 0. The molecule has 1 unspecified atom stereocenters. The van der Waals surface area contributed by atoms with E-state index in [1.165, 1.54) is 16.1 Å². The van der Waals surface area contributed by atoms with Gasteiger partial charge >= 0.3 is 0 Å². The molecule has 106 valence electrons. The lowest BCUT2D eigenvalue weighted by molar-refractivity contribution is 0.677. The largest absolute Gasteiger partial charge is 0.378 e. The number of hydrogen-bond donors (Lipinski definition) is 1. The summed E-state index contributed by atoms with van der Waals surface area (Å²) in [4.78, 5) is 1.28. The van der Waals surface area contributed by atoms with Gasteiger partial charge in [-0.25, -0.2) is 0 Å². The Morgan fingerprint density at radius 2 is 1.90 bits per heavy atom. The van der Waals surface area contributed by atoms with Crippen molar-refractivity contribution in [2.75, 3.05) is 11.6 Å². The van der Waals surface area contributed by atoms with Gasteiger partial charge in [0, 0.05) is 15.6 Å². The molecule has 1 nitrogen and oxygen atoms in total.